The number of halogens is 1. The van der Waals surface area contributed by atoms with E-state index in [0.717, 1.165) is 58.1 Å². The maximum absolute atomic E-state index is 6.19. The molecule has 2 aromatic heterocycles. The van der Waals surface area contributed by atoms with Crippen molar-refractivity contribution in [3.05, 3.63) is 65.1 Å². The molecule has 130 valence electrons. The molecule has 3 rings (SSSR count). The normalized spacial score (nSPS) is 11.0. The number of nitrogens with zero attached hydrogens (tertiary/aromatic N) is 2. The van der Waals surface area contributed by atoms with Gasteiger partial charge in [-0.25, -0.2) is 9.97 Å². The minimum atomic E-state index is 0.766. The predicted octanol–water partition coefficient (Wildman–Crippen LogP) is 3.94. The summed E-state index contributed by atoms with van der Waals surface area (Å²) in [6, 6.07) is 11.8. The first-order chi connectivity index (χ1) is 12.2. The van der Waals surface area contributed by atoms with Gasteiger partial charge in [-0.15, -0.1) is 0 Å². The third-order valence-corrected chi connectivity index (χ3v) is 5.24. The summed E-state index contributed by atoms with van der Waals surface area (Å²) >= 11 is 7.88. The fourth-order valence-electron chi connectivity index (χ4n) is 2.50. The Morgan fingerprint density at radius 3 is 2.80 bits per heavy atom. The molecule has 0 amide bonds. The average Bonchev–Trinajstić information content (AvgIpc) is 3.10. The van der Waals surface area contributed by atoms with Crippen LogP contribution in [0.3, 0.4) is 0 Å². The molecule has 0 aliphatic heterocycles. The van der Waals surface area contributed by atoms with Gasteiger partial charge in [0.25, 0.3) is 0 Å². The van der Waals surface area contributed by atoms with Crippen LogP contribution in [-0.2, 0) is 6.54 Å². The van der Waals surface area contributed by atoms with Crippen LogP contribution in [-0.4, -0.2) is 22.3 Å². The Balaban J connectivity index is 1.42. The Morgan fingerprint density at radius 1 is 1.12 bits per heavy atom. The first-order valence-electron chi connectivity index (χ1n) is 8.30. The molecule has 0 bridgehead atoms. The van der Waals surface area contributed by atoms with Gasteiger partial charge in [-0.1, -0.05) is 35.5 Å². The quantitative estimate of drug-likeness (QED) is 0.368. The molecular formula is C19H21ClN3OS+. The standard InChI is InChI=1S/C19H20ClN3OS/c1-14-16(5-2-6-17(14)20)18-8-7-15(24-18)13-21-9-4-12-25-19-22-10-3-11-23-19/h2-3,5-8,10-11,21H,4,9,12-13H2,1H3/p+1. The van der Waals surface area contributed by atoms with Crippen LogP contribution in [0.25, 0.3) is 11.3 Å². The number of aromatic nitrogens is 2. The summed E-state index contributed by atoms with van der Waals surface area (Å²) in [4.78, 5) is 8.41. The van der Waals surface area contributed by atoms with Crippen LogP contribution in [0, 0.1) is 6.92 Å². The first-order valence-corrected chi connectivity index (χ1v) is 9.66. The Morgan fingerprint density at radius 2 is 1.96 bits per heavy atom. The first kappa shape index (κ1) is 18.0. The van der Waals surface area contributed by atoms with E-state index in [9.17, 15) is 0 Å². The van der Waals surface area contributed by atoms with Gasteiger partial charge >= 0.3 is 0 Å². The highest BCUT2D eigenvalue weighted by Gasteiger charge is 2.10. The molecule has 6 heteroatoms. The van der Waals surface area contributed by atoms with Crippen molar-refractivity contribution in [1.82, 2.24) is 9.97 Å². The lowest BCUT2D eigenvalue weighted by Crippen LogP contribution is -2.82. The van der Waals surface area contributed by atoms with Gasteiger partial charge in [0, 0.05) is 35.2 Å². The number of nitrogens with two attached hydrogens (primary N) is 1. The lowest BCUT2D eigenvalue weighted by Gasteiger charge is -2.04. The van der Waals surface area contributed by atoms with Crippen molar-refractivity contribution in [2.75, 3.05) is 12.3 Å². The molecule has 0 atom stereocenters. The van der Waals surface area contributed by atoms with E-state index in [0.29, 0.717) is 0 Å². The minimum absolute atomic E-state index is 0.766. The summed E-state index contributed by atoms with van der Waals surface area (Å²) in [7, 11) is 0. The molecule has 0 spiro atoms. The highest BCUT2D eigenvalue weighted by Crippen LogP contribution is 2.29. The van der Waals surface area contributed by atoms with Gasteiger partial charge in [-0.05, 0) is 36.8 Å². The number of hydrogen-bond donors (Lipinski definition) is 1. The lowest BCUT2D eigenvalue weighted by molar-refractivity contribution is -0.672. The van der Waals surface area contributed by atoms with Crippen molar-refractivity contribution in [2.24, 2.45) is 0 Å². The highest BCUT2D eigenvalue weighted by molar-refractivity contribution is 7.99. The molecule has 0 saturated carbocycles. The Hall–Kier alpha value is -1.82. The van der Waals surface area contributed by atoms with E-state index in [-0.39, 0.29) is 0 Å². The minimum Gasteiger partial charge on any atom is -0.455 e. The van der Waals surface area contributed by atoms with E-state index in [1.54, 1.807) is 24.2 Å². The van der Waals surface area contributed by atoms with Gasteiger partial charge in [-0.2, -0.15) is 0 Å². The lowest BCUT2D eigenvalue weighted by atomic mass is 10.1. The van der Waals surface area contributed by atoms with Gasteiger partial charge < -0.3 is 9.73 Å². The zero-order valence-corrected chi connectivity index (χ0v) is 15.7. The Kier molecular flexibility index (Phi) is 6.50. The Labute approximate surface area is 157 Å². The van der Waals surface area contributed by atoms with Gasteiger partial charge in [0.2, 0.25) is 0 Å². The monoisotopic (exact) mass is 374 g/mol. The average molecular weight is 375 g/mol. The number of quaternary nitrogens is 1. The highest BCUT2D eigenvalue weighted by atomic mass is 35.5. The van der Waals surface area contributed by atoms with E-state index in [2.05, 4.69) is 15.3 Å². The van der Waals surface area contributed by atoms with Crippen molar-refractivity contribution in [3.63, 3.8) is 0 Å². The number of hydrogen-bond acceptors (Lipinski definition) is 4. The van der Waals surface area contributed by atoms with E-state index in [1.165, 1.54) is 0 Å². The van der Waals surface area contributed by atoms with Crippen LogP contribution in [0.5, 0.6) is 0 Å². The molecule has 3 aromatic rings. The number of rotatable bonds is 8. The number of benzene rings is 1. The molecule has 0 radical (unpaired) electrons. The van der Waals surface area contributed by atoms with Crippen molar-refractivity contribution in [3.8, 4) is 11.3 Å². The largest absolute Gasteiger partial charge is 0.455 e. The summed E-state index contributed by atoms with van der Waals surface area (Å²) in [6.07, 6.45) is 4.65. The molecule has 25 heavy (non-hydrogen) atoms. The molecule has 2 heterocycles. The molecule has 0 unspecified atom stereocenters. The van der Waals surface area contributed by atoms with E-state index in [4.69, 9.17) is 16.0 Å². The van der Waals surface area contributed by atoms with Gasteiger partial charge in [0.1, 0.15) is 12.3 Å². The second kappa shape index (κ2) is 9.04. The summed E-state index contributed by atoms with van der Waals surface area (Å²) in [5, 5.41) is 3.87. The van der Waals surface area contributed by atoms with Crippen LogP contribution in [0.15, 0.2) is 58.4 Å². The van der Waals surface area contributed by atoms with Crippen molar-refractivity contribution >= 4 is 23.4 Å². The van der Waals surface area contributed by atoms with Crippen LogP contribution in [0.2, 0.25) is 5.02 Å². The molecule has 2 N–H and O–H groups in total. The second-order valence-electron chi connectivity index (χ2n) is 5.69. The zero-order chi connectivity index (χ0) is 17.5. The maximum atomic E-state index is 6.19. The van der Waals surface area contributed by atoms with E-state index in [1.807, 2.05) is 43.3 Å². The molecule has 0 aliphatic rings. The Bertz CT molecular complexity index is 807. The van der Waals surface area contributed by atoms with Gasteiger partial charge in [-0.3, -0.25) is 0 Å². The summed E-state index contributed by atoms with van der Waals surface area (Å²) in [5.74, 6) is 2.87. The van der Waals surface area contributed by atoms with Crippen molar-refractivity contribution < 1.29 is 9.73 Å². The topological polar surface area (TPSA) is 55.5 Å². The van der Waals surface area contributed by atoms with Crippen molar-refractivity contribution in [1.29, 1.82) is 0 Å². The molecule has 1 aromatic carbocycles. The molecular weight excluding hydrogens is 354 g/mol. The fourth-order valence-corrected chi connectivity index (χ4v) is 3.44. The predicted molar refractivity (Wildman–Crippen MR) is 102 cm³/mol. The van der Waals surface area contributed by atoms with Crippen LogP contribution in [0.4, 0.5) is 0 Å². The molecule has 0 aliphatic carbocycles. The second-order valence-corrected chi connectivity index (χ2v) is 7.16. The molecule has 0 fully saturated rings. The van der Waals surface area contributed by atoms with E-state index >= 15 is 0 Å². The summed E-state index contributed by atoms with van der Waals surface area (Å²) in [5.41, 5.74) is 2.10. The molecule has 0 saturated heterocycles. The van der Waals surface area contributed by atoms with E-state index < -0.39 is 0 Å². The third kappa shape index (κ3) is 5.08. The summed E-state index contributed by atoms with van der Waals surface area (Å²) in [6.45, 7) is 3.90. The van der Waals surface area contributed by atoms with Crippen LogP contribution >= 0.6 is 23.4 Å². The molecule has 4 nitrogen and oxygen atoms in total. The fraction of sp³-hybridized carbons (Fsp3) is 0.263. The smallest absolute Gasteiger partial charge is 0.187 e. The maximum Gasteiger partial charge on any atom is 0.187 e. The zero-order valence-electron chi connectivity index (χ0n) is 14.1. The van der Waals surface area contributed by atoms with Gasteiger partial charge in [0.15, 0.2) is 10.9 Å². The summed E-state index contributed by atoms with van der Waals surface area (Å²) < 4.78 is 5.97. The van der Waals surface area contributed by atoms with Crippen LogP contribution in [0.1, 0.15) is 17.7 Å². The van der Waals surface area contributed by atoms with Gasteiger partial charge in [0.05, 0.1) is 6.54 Å². The van der Waals surface area contributed by atoms with Crippen molar-refractivity contribution in [2.45, 2.75) is 25.0 Å². The SMILES string of the molecule is Cc1c(Cl)cccc1-c1ccc(C[NH2+]CCCSc2ncccn2)o1. The number of thioether (sulfide) groups is 1. The number of furan rings is 1. The van der Waals surface area contributed by atoms with Crippen LogP contribution < -0.4 is 5.32 Å². The third-order valence-electron chi connectivity index (χ3n) is 3.87.